The van der Waals surface area contributed by atoms with Crippen LogP contribution in [0.3, 0.4) is 0 Å². The Morgan fingerprint density at radius 3 is 2.59 bits per heavy atom. The van der Waals surface area contributed by atoms with Gasteiger partial charge in [-0.1, -0.05) is 12.1 Å². The molecule has 0 atom stereocenters. The van der Waals surface area contributed by atoms with Crippen molar-refractivity contribution in [2.24, 2.45) is 0 Å². The van der Waals surface area contributed by atoms with Gasteiger partial charge in [0.2, 0.25) is 0 Å². The third-order valence-electron chi connectivity index (χ3n) is 2.08. The van der Waals surface area contributed by atoms with Gasteiger partial charge in [0.15, 0.2) is 0 Å². The highest BCUT2D eigenvalue weighted by atomic mass is 127. The van der Waals surface area contributed by atoms with Gasteiger partial charge in [0.25, 0.3) is 0 Å². The van der Waals surface area contributed by atoms with Crippen molar-refractivity contribution in [1.82, 2.24) is 4.90 Å². The number of nitrogens with zero attached hydrogens (tertiary/aromatic N) is 1. The highest BCUT2D eigenvalue weighted by Crippen LogP contribution is 2.12. The monoisotopic (exact) mass is 369 g/mol. The van der Waals surface area contributed by atoms with Gasteiger partial charge in [-0.15, -0.1) is 12.4 Å². The molecule has 1 rings (SSSR count). The second-order valence-corrected chi connectivity index (χ2v) is 4.93. The minimum Gasteiger partial charge on any atom is -0.462 e. The van der Waals surface area contributed by atoms with Crippen molar-refractivity contribution in [3.63, 3.8) is 0 Å². The van der Waals surface area contributed by atoms with Gasteiger partial charge in [-0.05, 0) is 55.2 Å². The van der Waals surface area contributed by atoms with Gasteiger partial charge in [0, 0.05) is 10.1 Å². The van der Waals surface area contributed by atoms with Gasteiger partial charge in [0.1, 0.15) is 0 Å². The maximum Gasteiger partial charge on any atom is 0.339 e. The van der Waals surface area contributed by atoms with E-state index in [-0.39, 0.29) is 18.4 Å². The smallest absolute Gasteiger partial charge is 0.339 e. The van der Waals surface area contributed by atoms with E-state index >= 15 is 0 Å². The number of carbonyl (C=O) groups excluding carboxylic acids is 1. The van der Waals surface area contributed by atoms with Crippen LogP contribution < -0.4 is 0 Å². The molecule has 0 N–H and O–H groups in total. The average Bonchev–Trinajstić information content (AvgIpc) is 2.24. The summed E-state index contributed by atoms with van der Waals surface area (Å²) in [5.41, 5.74) is 0.646. The molecule has 3 nitrogen and oxygen atoms in total. The third-order valence-corrected chi connectivity index (χ3v) is 3.02. The van der Waals surface area contributed by atoms with E-state index in [4.69, 9.17) is 4.74 Å². The Morgan fingerprint density at radius 2 is 2.00 bits per heavy atom. The number of rotatable bonds is 5. The second-order valence-electron chi connectivity index (χ2n) is 3.77. The largest absolute Gasteiger partial charge is 0.462 e. The third kappa shape index (κ3) is 6.24. The fourth-order valence-electron chi connectivity index (χ4n) is 1.25. The summed E-state index contributed by atoms with van der Waals surface area (Å²) in [6, 6.07) is 7.44. The molecule has 0 bridgehead atoms. The molecule has 0 fully saturated rings. The lowest BCUT2D eigenvalue weighted by molar-refractivity contribution is 0.0492. The summed E-state index contributed by atoms with van der Waals surface area (Å²) in [5, 5.41) is 0. The SMILES string of the molecule is CN(C)CCCOC(=O)c1ccccc1I.Cl. The van der Waals surface area contributed by atoms with Crippen molar-refractivity contribution in [1.29, 1.82) is 0 Å². The Morgan fingerprint density at radius 1 is 1.35 bits per heavy atom. The number of ether oxygens (including phenoxy) is 1. The highest BCUT2D eigenvalue weighted by Gasteiger charge is 2.09. The van der Waals surface area contributed by atoms with Gasteiger partial charge in [-0.25, -0.2) is 4.79 Å². The first-order chi connectivity index (χ1) is 7.61. The zero-order valence-electron chi connectivity index (χ0n) is 9.98. The van der Waals surface area contributed by atoms with Crippen LogP contribution in [0.25, 0.3) is 0 Å². The molecule has 0 spiro atoms. The van der Waals surface area contributed by atoms with Crippen molar-refractivity contribution in [3.05, 3.63) is 33.4 Å². The summed E-state index contributed by atoms with van der Waals surface area (Å²) in [6.45, 7) is 1.40. The molecule has 0 aliphatic carbocycles. The van der Waals surface area contributed by atoms with E-state index < -0.39 is 0 Å². The zero-order chi connectivity index (χ0) is 12.0. The number of benzene rings is 1. The zero-order valence-corrected chi connectivity index (χ0v) is 13.0. The lowest BCUT2D eigenvalue weighted by atomic mass is 10.2. The summed E-state index contributed by atoms with van der Waals surface area (Å²) >= 11 is 2.14. The predicted molar refractivity (Wildman–Crippen MR) is 79.9 cm³/mol. The molecular weight excluding hydrogens is 352 g/mol. The van der Waals surface area contributed by atoms with Crippen LogP contribution in [0, 0.1) is 3.57 Å². The first kappa shape index (κ1) is 16.7. The van der Waals surface area contributed by atoms with Crippen molar-refractivity contribution < 1.29 is 9.53 Å². The van der Waals surface area contributed by atoms with Crippen LogP contribution >= 0.6 is 35.0 Å². The Kier molecular flexibility index (Phi) is 8.55. The molecule has 0 aromatic heterocycles. The van der Waals surface area contributed by atoms with Gasteiger partial charge < -0.3 is 9.64 Å². The second kappa shape index (κ2) is 8.72. The first-order valence-electron chi connectivity index (χ1n) is 5.17. The summed E-state index contributed by atoms with van der Waals surface area (Å²) < 4.78 is 6.12. The van der Waals surface area contributed by atoms with E-state index in [9.17, 15) is 4.79 Å². The molecule has 96 valence electrons. The van der Waals surface area contributed by atoms with Crippen LogP contribution in [0.15, 0.2) is 24.3 Å². The molecule has 0 saturated heterocycles. The number of hydrogen-bond acceptors (Lipinski definition) is 3. The van der Waals surface area contributed by atoms with Crippen LogP contribution in [0.1, 0.15) is 16.8 Å². The Bertz CT molecular complexity index is 358. The van der Waals surface area contributed by atoms with Gasteiger partial charge in [-0.2, -0.15) is 0 Å². The van der Waals surface area contributed by atoms with Crippen molar-refractivity contribution >= 4 is 41.0 Å². The Balaban J connectivity index is 0.00000256. The predicted octanol–water partition coefficient (Wildman–Crippen LogP) is 2.82. The van der Waals surface area contributed by atoms with E-state index in [0.29, 0.717) is 12.2 Å². The fourth-order valence-corrected chi connectivity index (χ4v) is 1.86. The standard InChI is InChI=1S/C12H16INO2.ClH/c1-14(2)8-5-9-16-12(15)10-6-3-4-7-11(10)13;/h3-4,6-7H,5,8-9H2,1-2H3;1H. The van der Waals surface area contributed by atoms with E-state index in [1.54, 1.807) is 6.07 Å². The van der Waals surface area contributed by atoms with E-state index in [1.165, 1.54) is 0 Å². The summed E-state index contributed by atoms with van der Waals surface area (Å²) in [7, 11) is 4.00. The molecule has 0 unspecified atom stereocenters. The lowest BCUT2D eigenvalue weighted by Gasteiger charge is -2.09. The molecule has 1 aromatic carbocycles. The molecular formula is C12H17ClINO2. The minimum absolute atomic E-state index is 0. The molecule has 0 heterocycles. The van der Waals surface area contributed by atoms with E-state index in [1.807, 2.05) is 32.3 Å². The molecule has 17 heavy (non-hydrogen) atoms. The fraction of sp³-hybridized carbons (Fsp3) is 0.417. The molecule has 0 amide bonds. The maximum absolute atomic E-state index is 11.7. The summed E-state index contributed by atoms with van der Waals surface area (Å²) in [6.07, 6.45) is 0.863. The summed E-state index contributed by atoms with van der Waals surface area (Å²) in [4.78, 5) is 13.7. The van der Waals surface area contributed by atoms with Crippen LogP contribution in [-0.4, -0.2) is 38.1 Å². The average molecular weight is 370 g/mol. The van der Waals surface area contributed by atoms with Crippen LogP contribution in [0.4, 0.5) is 0 Å². The highest BCUT2D eigenvalue weighted by molar-refractivity contribution is 14.1. The summed E-state index contributed by atoms with van der Waals surface area (Å²) in [5.74, 6) is -0.233. The lowest BCUT2D eigenvalue weighted by Crippen LogP contribution is -2.16. The molecule has 0 aliphatic heterocycles. The van der Waals surface area contributed by atoms with E-state index in [0.717, 1.165) is 16.5 Å². The Labute approximate surface area is 122 Å². The molecule has 5 heteroatoms. The number of carbonyl (C=O) groups is 1. The first-order valence-corrected chi connectivity index (χ1v) is 6.25. The van der Waals surface area contributed by atoms with E-state index in [2.05, 4.69) is 27.5 Å². The van der Waals surface area contributed by atoms with Crippen molar-refractivity contribution in [2.75, 3.05) is 27.2 Å². The van der Waals surface area contributed by atoms with Gasteiger partial charge in [0.05, 0.1) is 12.2 Å². The molecule has 0 radical (unpaired) electrons. The number of halogens is 2. The van der Waals surface area contributed by atoms with Crippen molar-refractivity contribution in [3.8, 4) is 0 Å². The minimum atomic E-state index is -0.233. The Hall–Kier alpha value is -0.330. The van der Waals surface area contributed by atoms with Crippen LogP contribution in [-0.2, 0) is 4.74 Å². The quantitative estimate of drug-likeness (QED) is 0.454. The molecule has 0 saturated carbocycles. The van der Waals surface area contributed by atoms with Gasteiger partial charge in [-0.3, -0.25) is 0 Å². The number of hydrogen-bond donors (Lipinski definition) is 0. The van der Waals surface area contributed by atoms with Crippen LogP contribution in [0.2, 0.25) is 0 Å². The molecule has 0 aliphatic rings. The maximum atomic E-state index is 11.7. The van der Waals surface area contributed by atoms with Crippen molar-refractivity contribution in [2.45, 2.75) is 6.42 Å². The van der Waals surface area contributed by atoms with Crippen LogP contribution in [0.5, 0.6) is 0 Å². The molecule has 1 aromatic rings. The topological polar surface area (TPSA) is 29.5 Å². The number of esters is 1. The normalized spacial score (nSPS) is 9.88. The van der Waals surface area contributed by atoms with Gasteiger partial charge >= 0.3 is 5.97 Å².